The molecule has 1 aliphatic heterocycles. The van der Waals surface area contributed by atoms with E-state index in [1.807, 2.05) is 32.6 Å². The first kappa shape index (κ1) is 23.7. The van der Waals surface area contributed by atoms with Crippen molar-refractivity contribution in [3.05, 3.63) is 53.6 Å². The van der Waals surface area contributed by atoms with Gasteiger partial charge >= 0.3 is 5.97 Å². The summed E-state index contributed by atoms with van der Waals surface area (Å²) in [7, 11) is 0. The maximum atomic E-state index is 14.0. The van der Waals surface area contributed by atoms with Crippen molar-refractivity contribution >= 4 is 28.6 Å². The van der Waals surface area contributed by atoms with Gasteiger partial charge in [0.1, 0.15) is 5.82 Å². The summed E-state index contributed by atoms with van der Waals surface area (Å²) in [6.07, 6.45) is 1.62. The molecular weight excluding hydrogens is 437 g/mol. The van der Waals surface area contributed by atoms with E-state index in [1.54, 1.807) is 40.0 Å². The van der Waals surface area contributed by atoms with Crippen molar-refractivity contribution in [3.8, 4) is 0 Å². The van der Waals surface area contributed by atoms with Gasteiger partial charge < -0.3 is 14.5 Å². The number of fused-ring (bicyclic) bond motifs is 1. The van der Waals surface area contributed by atoms with Crippen molar-refractivity contribution in [2.75, 3.05) is 37.7 Å². The molecule has 8 nitrogen and oxygen atoms in total. The Hall–Kier alpha value is -3.49. The lowest BCUT2D eigenvalue weighted by Crippen LogP contribution is -2.50. The number of esters is 1. The summed E-state index contributed by atoms with van der Waals surface area (Å²) in [6, 6.07) is 8.41. The topological polar surface area (TPSA) is 80.6 Å². The van der Waals surface area contributed by atoms with Gasteiger partial charge in [0.2, 0.25) is 0 Å². The van der Waals surface area contributed by atoms with Crippen LogP contribution < -0.4 is 4.90 Å². The third-order valence-corrected chi connectivity index (χ3v) is 6.04. The van der Waals surface area contributed by atoms with Crippen molar-refractivity contribution in [1.82, 2.24) is 19.7 Å². The predicted molar refractivity (Wildman–Crippen MR) is 127 cm³/mol. The van der Waals surface area contributed by atoms with Gasteiger partial charge in [0.05, 0.1) is 22.8 Å². The van der Waals surface area contributed by atoms with Gasteiger partial charge in [-0.3, -0.25) is 4.79 Å². The van der Waals surface area contributed by atoms with Crippen LogP contribution in [0.4, 0.5) is 10.1 Å². The van der Waals surface area contributed by atoms with Crippen molar-refractivity contribution in [2.24, 2.45) is 0 Å². The third-order valence-electron chi connectivity index (χ3n) is 6.04. The highest BCUT2D eigenvalue weighted by Gasteiger charge is 2.25. The Morgan fingerprint density at radius 2 is 1.79 bits per heavy atom. The molecule has 1 amide bonds. The number of aromatic nitrogens is 3. The molecule has 0 bridgehead atoms. The van der Waals surface area contributed by atoms with Crippen LogP contribution in [0.25, 0.3) is 11.0 Å². The number of hydrogen-bond acceptors (Lipinski definition) is 6. The summed E-state index contributed by atoms with van der Waals surface area (Å²) < 4.78 is 21.2. The Bertz CT molecular complexity index is 1200. The van der Waals surface area contributed by atoms with Gasteiger partial charge in [-0.1, -0.05) is 26.0 Å². The SMILES string of the molecule is CC(C)c1cc(C(=O)OCC(=O)N2CCN(c3ccccc3F)CC2)c2cnn(C(C)C)c2n1. The molecule has 0 N–H and O–H groups in total. The molecular formula is C25H30FN5O3. The fourth-order valence-corrected chi connectivity index (χ4v) is 4.08. The number of benzene rings is 1. The predicted octanol–water partition coefficient (Wildman–Crippen LogP) is 3.78. The molecule has 34 heavy (non-hydrogen) atoms. The molecule has 2 aromatic heterocycles. The highest BCUT2D eigenvalue weighted by Crippen LogP contribution is 2.25. The van der Waals surface area contributed by atoms with E-state index in [0.29, 0.717) is 48.5 Å². The van der Waals surface area contributed by atoms with Gasteiger partial charge in [0.15, 0.2) is 12.3 Å². The standard InChI is InChI=1S/C25H30FN5O3/c1-16(2)21-13-18(19-14-27-31(17(3)4)24(19)28-21)25(33)34-15-23(32)30-11-9-29(10-12-30)22-8-6-5-7-20(22)26/h5-8,13-14,16-17H,9-12,15H2,1-4H3. The summed E-state index contributed by atoms with van der Waals surface area (Å²) in [5, 5.41) is 4.99. The van der Waals surface area contributed by atoms with Crippen molar-refractivity contribution in [1.29, 1.82) is 0 Å². The smallest absolute Gasteiger partial charge is 0.339 e. The van der Waals surface area contributed by atoms with Crippen LogP contribution in [-0.2, 0) is 9.53 Å². The minimum atomic E-state index is -0.573. The van der Waals surface area contributed by atoms with Gasteiger partial charge in [0, 0.05) is 37.9 Å². The highest BCUT2D eigenvalue weighted by molar-refractivity contribution is 6.03. The van der Waals surface area contributed by atoms with E-state index < -0.39 is 5.97 Å². The zero-order chi connectivity index (χ0) is 24.4. The number of amides is 1. The van der Waals surface area contributed by atoms with Crippen LogP contribution in [0.5, 0.6) is 0 Å². The number of nitrogens with zero attached hydrogens (tertiary/aromatic N) is 5. The molecule has 0 unspecified atom stereocenters. The van der Waals surface area contributed by atoms with Crippen molar-refractivity contribution in [2.45, 2.75) is 39.7 Å². The molecule has 3 heterocycles. The second kappa shape index (κ2) is 9.79. The number of piperazine rings is 1. The first-order valence-electron chi connectivity index (χ1n) is 11.6. The summed E-state index contributed by atoms with van der Waals surface area (Å²) in [5.74, 6) is -1.01. The zero-order valence-electron chi connectivity index (χ0n) is 20.0. The lowest BCUT2D eigenvalue weighted by molar-refractivity contribution is -0.134. The van der Waals surface area contributed by atoms with Gasteiger partial charge in [-0.05, 0) is 38.0 Å². The molecule has 1 fully saturated rings. The molecule has 0 atom stereocenters. The van der Waals surface area contributed by atoms with Crippen LogP contribution in [0.3, 0.4) is 0 Å². The summed E-state index contributed by atoms with van der Waals surface area (Å²) in [5.41, 5.74) is 2.28. The average molecular weight is 468 g/mol. The Balaban J connectivity index is 1.42. The Morgan fingerprint density at radius 3 is 2.44 bits per heavy atom. The Kier molecular flexibility index (Phi) is 6.81. The summed E-state index contributed by atoms with van der Waals surface area (Å²) in [6.45, 7) is 9.55. The second-order valence-corrected chi connectivity index (χ2v) is 9.06. The second-order valence-electron chi connectivity index (χ2n) is 9.06. The molecule has 1 aliphatic rings. The average Bonchev–Trinajstić information content (AvgIpc) is 3.26. The first-order chi connectivity index (χ1) is 16.3. The molecule has 0 aliphatic carbocycles. The molecule has 1 aromatic carbocycles. The number of hydrogen-bond donors (Lipinski definition) is 0. The largest absolute Gasteiger partial charge is 0.452 e. The minimum Gasteiger partial charge on any atom is -0.452 e. The van der Waals surface area contributed by atoms with E-state index in [1.165, 1.54) is 6.07 Å². The monoisotopic (exact) mass is 467 g/mol. The number of halogens is 1. The molecule has 3 aromatic rings. The lowest BCUT2D eigenvalue weighted by atomic mass is 10.1. The van der Waals surface area contributed by atoms with Crippen LogP contribution in [0.2, 0.25) is 0 Å². The number of ether oxygens (including phenoxy) is 1. The van der Waals surface area contributed by atoms with Crippen LogP contribution >= 0.6 is 0 Å². The van der Waals surface area contributed by atoms with Gasteiger partial charge in [-0.2, -0.15) is 5.10 Å². The molecule has 9 heteroatoms. The molecule has 1 saturated heterocycles. The fourth-order valence-electron chi connectivity index (χ4n) is 4.08. The van der Waals surface area contributed by atoms with Crippen LogP contribution in [0.15, 0.2) is 36.5 Å². The van der Waals surface area contributed by atoms with Crippen LogP contribution in [-0.4, -0.2) is 64.3 Å². The minimum absolute atomic E-state index is 0.0842. The van der Waals surface area contributed by atoms with Crippen LogP contribution in [0, 0.1) is 5.82 Å². The van der Waals surface area contributed by atoms with Crippen molar-refractivity contribution < 1.29 is 18.7 Å². The summed E-state index contributed by atoms with van der Waals surface area (Å²) >= 11 is 0. The van der Waals surface area contributed by atoms with E-state index in [-0.39, 0.29) is 30.3 Å². The van der Waals surface area contributed by atoms with E-state index in [2.05, 4.69) is 5.10 Å². The maximum Gasteiger partial charge on any atom is 0.339 e. The number of para-hydroxylation sites is 1. The number of pyridine rings is 1. The highest BCUT2D eigenvalue weighted by atomic mass is 19.1. The number of carbonyl (C=O) groups is 2. The maximum absolute atomic E-state index is 14.0. The molecule has 0 spiro atoms. The van der Waals surface area contributed by atoms with E-state index in [0.717, 1.165) is 5.69 Å². The summed E-state index contributed by atoms with van der Waals surface area (Å²) in [4.78, 5) is 33.9. The van der Waals surface area contributed by atoms with Crippen LogP contribution in [0.1, 0.15) is 55.7 Å². The molecule has 0 radical (unpaired) electrons. The molecule has 4 rings (SSSR count). The van der Waals surface area contributed by atoms with E-state index in [4.69, 9.17) is 9.72 Å². The molecule has 0 saturated carbocycles. The van der Waals surface area contributed by atoms with Gasteiger partial charge in [-0.25, -0.2) is 18.9 Å². The van der Waals surface area contributed by atoms with Crippen molar-refractivity contribution in [3.63, 3.8) is 0 Å². The molecule has 180 valence electrons. The Labute approximate surface area is 198 Å². The Morgan fingerprint density at radius 1 is 1.09 bits per heavy atom. The number of carbonyl (C=O) groups excluding carboxylic acids is 2. The van der Waals surface area contributed by atoms with Gasteiger partial charge in [0.25, 0.3) is 5.91 Å². The number of anilines is 1. The lowest BCUT2D eigenvalue weighted by Gasteiger charge is -2.36. The van der Waals surface area contributed by atoms with Gasteiger partial charge in [-0.15, -0.1) is 0 Å². The fraction of sp³-hybridized carbons (Fsp3) is 0.440. The van der Waals surface area contributed by atoms with E-state index >= 15 is 0 Å². The third kappa shape index (κ3) is 4.73. The number of rotatable bonds is 6. The quantitative estimate of drug-likeness (QED) is 0.514. The van der Waals surface area contributed by atoms with E-state index in [9.17, 15) is 14.0 Å². The first-order valence-corrected chi connectivity index (χ1v) is 11.6. The normalized spacial score (nSPS) is 14.3. The zero-order valence-corrected chi connectivity index (χ0v) is 20.0.